The van der Waals surface area contributed by atoms with Crippen molar-refractivity contribution in [2.24, 2.45) is 0 Å². The summed E-state index contributed by atoms with van der Waals surface area (Å²) in [5.74, 6) is 0.649. The number of aryl methyl sites for hydroxylation is 1. The maximum Gasteiger partial charge on any atom is 0.161 e. The molecular weight excluding hydrogens is 324 g/mol. The van der Waals surface area contributed by atoms with Crippen LogP contribution in [0, 0.1) is 6.92 Å². The van der Waals surface area contributed by atoms with Crippen LogP contribution in [-0.2, 0) is 0 Å². The van der Waals surface area contributed by atoms with Gasteiger partial charge in [-0.2, -0.15) is 0 Å². The first-order valence-corrected chi connectivity index (χ1v) is 7.00. The molecule has 0 unspecified atom stereocenters. The Labute approximate surface area is 124 Å². The second-order valence-electron chi connectivity index (χ2n) is 4.37. The molecule has 2 nitrogen and oxygen atoms in total. The van der Waals surface area contributed by atoms with Crippen LogP contribution in [-0.4, -0.2) is 9.97 Å². The third-order valence-corrected chi connectivity index (χ3v) is 3.70. The van der Waals surface area contributed by atoms with Gasteiger partial charge >= 0.3 is 0 Å². The third kappa shape index (κ3) is 2.48. The molecule has 0 radical (unpaired) electrons. The van der Waals surface area contributed by atoms with Gasteiger partial charge in [0.2, 0.25) is 0 Å². The lowest BCUT2D eigenvalue weighted by atomic mass is 10.1. The summed E-state index contributed by atoms with van der Waals surface area (Å²) in [6.45, 7) is 2.05. The molecular formula is C15H10BrClN2. The normalized spacial score (nSPS) is 10.9. The van der Waals surface area contributed by atoms with E-state index in [2.05, 4.69) is 32.8 Å². The van der Waals surface area contributed by atoms with Crippen LogP contribution >= 0.6 is 27.5 Å². The number of nitrogens with zero attached hydrogens (tertiary/aromatic N) is 2. The van der Waals surface area contributed by atoms with Crippen LogP contribution in [0.2, 0.25) is 5.15 Å². The van der Waals surface area contributed by atoms with Crippen molar-refractivity contribution in [3.05, 3.63) is 57.7 Å². The summed E-state index contributed by atoms with van der Waals surface area (Å²) in [4.78, 5) is 8.94. The Bertz CT molecular complexity index is 754. The molecule has 0 saturated carbocycles. The van der Waals surface area contributed by atoms with E-state index in [1.54, 1.807) is 0 Å². The van der Waals surface area contributed by atoms with Crippen molar-refractivity contribution in [3.63, 3.8) is 0 Å². The molecule has 0 aliphatic carbocycles. The van der Waals surface area contributed by atoms with Crippen LogP contribution in [0.4, 0.5) is 0 Å². The lowest BCUT2D eigenvalue weighted by Crippen LogP contribution is -1.92. The molecule has 4 heteroatoms. The predicted octanol–water partition coefficient (Wildman–Crippen LogP) is 5.02. The van der Waals surface area contributed by atoms with E-state index in [-0.39, 0.29) is 0 Å². The van der Waals surface area contributed by atoms with Gasteiger partial charge in [-0.05, 0) is 25.1 Å². The first-order valence-electron chi connectivity index (χ1n) is 5.83. The van der Waals surface area contributed by atoms with Crippen molar-refractivity contribution < 1.29 is 0 Å². The lowest BCUT2D eigenvalue weighted by molar-refractivity contribution is 1.22. The quantitative estimate of drug-likeness (QED) is 0.584. The van der Waals surface area contributed by atoms with Crippen LogP contribution in [0.3, 0.4) is 0 Å². The Morgan fingerprint density at radius 3 is 2.47 bits per heavy atom. The van der Waals surface area contributed by atoms with Gasteiger partial charge in [0, 0.05) is 15.4 Å². The van der Waals surface area contributed by atoms with Crippen molar-refractivity contribution in [3.8, 4) is 11.4 Å². The Balaban J connectivity index is 2.22. The van der Waals surface area contributed by atoms with Crippen LogP contribution in [0.25, 0.3) is 22.3 Å². The van der Waals surface area contributed by atoms with Crippen LogP contribution in [0.15, 0.2) is 46.9 Å². The summed E-state index contributed by atoms with van der Waals surface area (Å²) in [6, 6.07) is 13.9. The highest BCUT2D eigenvalue weighted by Gasteiger charge is 2.08. The van der Waals surface area contributed by atoms with Gasteiger partial charge in [0.1, 0.15) is 5.15 Å². The largest absolute Gasteiger partial charge is 0.228 e. The summed E-state index contributed by atoms with van der Waals surface area (Å²) >= 11 is 9.67. The second kappa shape index (κ2) is 4.91. The summed E-state index contributed by atoms with van der Waals surface area (Å²) in [5, 5.41) is 1.34. The van der Waals surface area contributed by atoms with Gasteiger partial charge in [-0.15, -0.1) is 0 Å². The van der Waals surface area contributed by atoms with E-state index in [0.29, 0.717) is 11.0 Å². The molecule has 1 aromatic heterocycles. The van der Waals surface area contributed by atoms with Crippen molar-refractivity contribution in [2.45, 2.75) is 6.92 Å². The number of halogens is 2. The van der Waals surface area contributed by atoms with Gasteiger partial charge in [0.25, 0.3) is 0 Å². The van der Waals surface area contributed by atoms with Crippen molar-refractivity contribution in [1.82, 2.24) is 9.97 Å². The average molecular weight is 334 g/mol. The Kier molecular flexibility index (Phi) is 3.25. The third-order valence-electron chi connectivity index (χ3n) is 2.92. The number of hydrogen-bond donors (Lipinski definition) is 0. The maximum atomic E-state index is 6.23. The molecule has 19 heavy (non-hydrogen) atoms. The van der Waals surface area contributed by atoms with E-state index in [1.165, 1.54) is 5.56 Å². The van der Waals surface area contributed by atoms with E-state index in [0.717, 1.165) is 20.9 Å². The predicted molar refractivity (Wildman–Crippen MR) is 82.4 cm³/mol. The molecule has 2 aromatic carbocycles. The molecule has 1 heterocycles. The Hall–Kier alpha value is -1.45. The smallest absolute Gasteiger partial charge is 0.161 e. The van der Waals surface area contributed by atoms with Gasteiger partial charge in [0.05, 0.1) is 5.52 Å². The number of hydrogen-bond acceptors (Lipinski definition) is 2. The zero-order valence-corrected chi connectivity index (χ0v) is 12.5. The highest BCUT2D eigenvalue weighted by atomic mass is 79.9. The summed E-state index contributed by atoms with van der Waals surface area (Å²) in [6.07, 6.45) is 0. The molecule has 0 aliphatic heterocycles. The Morgan fingerprint density at radius 1 is 1.00 bits per heavy atom. The molecule has 0 bridgehead atoms. The molecule has 3 aromatic rings. The summed E-state index contributed by atoms with van der Waals surface area (Å²) in [5.41, 5.74) is 3.01. The van der Waals surface area contributed by atoms with E-state index >= 15 is 0 Å². The molecule has 3 rings (SSSR count). The summed E-state index contributed by atoms with van der Waals surface area (Å²) in [7, 11) is 0. The van der Waals surface area contributed by atoms with Gasteiger partial charge in [-0.3, -0.25) is 0 Å². The lowest BCUT2D eigenvalue weighted by Gasteiger charge is -2.05. The monoisotopic (exact) mass is 332 g/mol. The fourth-order valence-corrected chi connectivity index (χ4v) is 2.48. The zero-order valence-electron chi connectivity index (χ0n) is 10.2. The van der Waals surface area contributed by atoms with Crippen molar-refractivity contribution in [1.29, 1.82) is 0 Å². The number of rotatable bonds is 1. The van der Waals surface area contributed by atoms with Crippen molar-refractivity contribution >= 4 is 38.4 Å². The fraction of sp³-hybridized carbons (Fsp3) is 0.0667. The highest BCUT2D eigenvalue weighted by molar-refractivity contribution is 9.10. The molecule has 0 atom stereocenters. The Morgan fingerprint density at radius 2 is 1.74 bits per heavy atom. The van der Waals surface area contributed by atoms with E-state index in [4.69, 9.17) is 11.6 Å². The summed E-state index contributed by atoms with van der Waals surface area (Å²) < 4.78 is 0.977. The van der Waals surface area contributed by atoms with E-state index in [9.17, 15) is 0 Å². The first kappa shape index (κ1) is 12.6. The molecule has 0 N–H and O–H groups in total. The number of aromatic nitrogens is 2. The van der Waals surface area contributed by atoms with Crippen LogP contribution in [0.1, 0.15) is 5.56 Å². The zero-order chi connectivity index (χ0) is 13.4. The molecule has 0 spiro atoms. The molecule has 94 valence electrons. The van der Waals surface area contributed by atoms with Gasteiger partial charge in [-0.1, -0.05) is 57.4 Å². The minimum atomic E-state index is 0.480. The highest BCUT2D eigenvalue weighted by Crippen LogP contribution is 2.27. The maximum absolute atomic E-state index is 6.23. The number of benzene rings is 2. The number of fused-ring (bicyclic) bond motifs is 1. The van der Waals surface area contributed by atoms with E-state index < -0.39 is 0 Å². The molecule has 0 amide bonds. The first-order chi connectivity index (χ1) is 9.13. The van der Waals surface area contributed by atoms with E-state index in [1.807, 2.05) is 42.5 Å². The average Bonchev–Trinajstić information content (AvgIpc) is 2.38. The minimum absolute atomic E-state index is 0.480. The molecule has 0 aliphatic rings. The topological polar surface area (TPSA) is 25.8 Å². The SMILES string of the molecule is Cc1ccc(-c2nc(Cl)c3ccc(Br)cc3n2)cc1. The van der Waals surface area contributed by atoms with Crippen LogP contribution < -0.4 is 0 Å². The van der Waals surface area contributed by atoms with Crippen molar-refractivity contribution in [2.75, 3.05) is 0 Å². The molecule has 0 fully saturated rings. The standard InChI is InChI=1S/C15H10BrClN2/c1-9-2-4-10(5-3-9)15-18-13-8-11(16)6-7-12(13)14(17)19-15/h2-8H,1H3. The van der Waals surface area contributed by atoms with Gasteiger partial charge < -0.3 is 0 Å². The van der Waals surface area contributed by atoms with Crippen LogP contribution in [0.5, 0.6) is 0 Å². The minimum Gasteiger partial charge on any atom is -0.228 e. The van der Waals surface area contributed by atoms with Gasteiger partial charge in [-0.25, -0.2) is 9.97 Å². The fourth-order valence-electron chi connectivity index (χ4n) is 1.90. The van der Waals surface area contributed by atoms with Gasteiger partial charge in [0.15, 0.2) is 5.82 Å². The molecule has 0 saturated heterocycles. The second-order valence-corrected chi connectivity index (χ2v) is 5.64.